The van der Waals surface area contributed by atoms with E-state index in [4.69, 9.17) is 0 Å². The van der Waals surface area contributed by atoms with Gasteiger partial charge in [0.25, 0.3) is 0 Å². The summed E-state index contributed by atoms with van der Waals surface area (Å²) in [4.78, 5) is 12.1. The van der Waals surface area contributed by atoms with E-state index in [1.807, 2.05) is 6.07 Å². The molecular weight excluding hydrogens is 196 g/mol. The molecule has 0 radical (unpaired) electrons. The molecule has 0 aliphatic heterocycles. The maximum Gasteiger partial charge on any atom is 0.164 e. The fraction of sp³-hybridized carbons (Fsp3) is 0.533. The Morgan fingerprint density at radius 1 is 1.12 bits per heavy atom. The molecule has 0 heterocycles. The number of carbonyl (C=O) groups excluding carboxylic acids is 1. The topological polar surface area (TPSA) is 17.1 Å². The minimum Gasteiger partial charge on any atom is -0.294 e. The lowest BCUT2D eigenvalue weighted by Gasteiger charge is -2.33. The average molecular weight is 214 g/mol. The van der Waals surface area contributed by atoms with Crippen LogP contribution in [0.15, 0.2) is 18.2 Å². The normalized spacial score (nSPS) is 22.4. The van der Waals surface area contributed by atoms with Gasteiger partial charge in [0.05, 0.1) is 0 Å². The van der Waals surface area contributed by atoms with Crippen molar-refractivity contribution in [2.24, 2.45) is 0 Å². The molecule has 1 nitrogen and oxygen atoms in total. The number of hydrogen-bond acceptors (Lipinski definition) is 1. The van der Waals surface area contributed by atoms with Gasteiger partial charge in [0, 0.05) is 17.4 Å². The summed E-state index contributed by atoms with van der Waals surface area (Å²) in [6.45, 7) is 2.12. The molecule has 0 saturated heterocycles. The monoisotopic (exact) mass is 214 g/mol. The van der Waals surface area contributed by atoms with Crippen molar-refractivity contribution in [3.05, 3.63) is 34.9 Å². The standard InChI is InChI=1S/C15H18O/c1-11-5-6-12-13(9-11)15(10-14(12)16)7-3-2-4-8-15/h5-6,9H,2-4,7-8,10H2,1H3. The summed E-state index contributed by atoms with van der Waals surface area (Å²) >= 11 is 0. The maximum atomic E-state index is 12.1. The molecule has 16 heavy (non-hydrogen) atoms. The van der Waals surface area contributed by atoms with E-state index in [9.17, 15) is 4.79 Å². The van der Waals surface area contributed by atoms with Crippen molar-refractivity contribution < 1.29 is 4.79 Å². The zero-order chi connectivity index (χ0) is 11.2. The van der Waals surface area contributed by atoms with Crippen molar-refractivity contribution in [1.82, 2.24) is 0 Å². The fourth-order valence-electron chi connectivity index (χ4n) is 3.51. The van der Waals surface area contributed by atoms with Crippen LogP contribution >= 0.6 is 0 Å². The Labute approximate surface area is 96.9 Å². The lowest BCUT2D eigenvalue weighted by molar-refractivity contribution is 0.0962. The van der Waals surface area contributed by atoms with Crippen molar-refractivity contribution in [3.63, 3.8) is 0 Å². The van der Waals surface area contributed by atoms with Crippen molar-refractivity contribution in [2.45, 2.75) is 50.9 Å². The molecular formula is C15H18O. The second-order valence-electron chi connectivity index (χ2n) is 5.49. The number of carbonyl (C=O) groups is 1. The molecule has 2 aliphatic carbocycles. The highest BCUT2D eigenvalue weighted by Gasteiger charge is 2.43. The first kappa shape index (κ1) is 10.1. The van der Waals surface area contributed by atoms with Gasteiger partial charge in [-0.25, -0.2) is 0 Å². The highest BCUT2D eigenvalue weighted by Crippen LogP contribution is 2.48. The molecule has 84 valence electrons. The van der Waals surface area contributed by atoms with Crippen LogP contribution in [0.5, 0.6) is 0 Å². The molecule has 1 fully saturated rings. The predicted molar refractivity (Wildman–Crippen MR) is 64.9 cm³/mol. The third-order valence-electron chi connectivity index (χ3n) is 4.36. The van der Waals surface area contributed by atoms with Gasteiger partial charge in [-0.2, -0.15) is 0 Å². The minimum atomic E-state index is 0.219. The van der Waals surface area contributed by atoms with E-state index in [0.717, 1.165) is 12.0 Å². The average Bonchev–Trinajstić information content (AvgIpc) is 2.53. The third kappa shape index (κ3) is 1.34. The number of fused-ring (bicyclic) bond motifs is 2. The Bertz CT molecular complexity index is 439. The molecule has 3 rings (SSSR count). The first-order valence-electron chi connectivity index (χ1n) is 6.36. The number of ketones is 1. The van der Waals surface area contributed by atoms with E-state index in [1.165, 1.54) is 43.2 Å². The quantitative estimate of drug-likeness (QED) is 0.642. The van der Waals surface area contributed by atoms with E-state index in [1.54, 1.807) is 0 Å². The molecule has 0 N–H and O–H groups in total. The van der Waals surface area contributed by atoms with Gasteiger partial charge < -0.3 is 0 Å². The van der Waals surface area contributed by atoms with Crippen molar-refractivity contribution >= 4 is 5.78 Å². The van der Waals surface area contributed by atoms with Crippen molar-refractivity contribution in [2.75, 3.05) is 0 Å². The Balaban J connectivity index is 2.12. The molecule has 0 unspecified atom stereocenters. The van der Waals surface area contributed by atoms with Crippen LogP contribution in [-0.2, 0) is 5.41 Å². The Kier molecular flexibility index (Phi) is 2.17. The van der Waals surface area contributed by atoms with Gasteiger partial charge in [-0.3, -0.25) is 4.79 Å². The van der Waals surface area contributed by atoms with Crippen LogP contribution in [0.4, 0.5) is 0 Å². The third-order valence-corrected chi connectivity index (χ3v) is 4.36. The highest BCUT2D eigenvalue weighted by molar-refractivity contribution is 6.02. The largest absolute Gasteiger partial charge is 0.294 e. The SMILES string of the molecule is Cc1ccc2c(c1)C1(CCCCC1)CC2=O. The summed E-state index contributed by atoms with van der Waals surface area (Å²) in [5.74, 6) is 0.372. The molecule has 1 heteroatoms. The molecule has 2 aliphatic rings. The molecule has 0 aromatic heterocycles. The smallest absolute Gasteiger partial charge is 0.164 e. The van der Waals surface area contributed by atoms with E-state index < -0.39 is 0 Å². The van der Waals surface area contributed by atoms with Crippen molar-refractivity contribution in [1.29, 1.82) is 0 Å². The van der Waals surface area contributed by atoms with Crippen LogP contribution in [-0.4, -0.2) is 5.78 Å². The molecule has 1 aromatic rings. The highest BCUT2D eigenvalue weighted by atomic mass is 16.1. The predicted octanol–water partition coefficient (Wildman–Crippen LogP) is 3.78. The second-order valence-corrected chi connectivity index (χ2v) is 5.49. The number of Topliss-reactive ketones (excluding diaryl/α,β-unsaturated/α-hetero) is 1. The fourth-order valence-corrected chi connectivity index (χ4v) is 3.51. The van der Waals surface area contributed by atoms with E-state index in [-0.39, 0.29) is 5.41 Å². The summed E-state index contributed by atoms with van der Waals surface area (Å²) in [6.07, 6.45) is 7.13. The Morgan fingerprint density at radius 2 is 1.88 bits per heavy atom. The minimum absolute atomic E-state index is 0.219. The maximum absolute atomic E-state index is 12.1. The van der Waals surface area contributed by atoms with Crippen LogP contribution in [0.25, 0.3) is 0 Å². The van der Waals surface area contributed by atoms with Crippen molar-refractivity contribution in [3.8, 4) is 0 Å². The van der Waals surface area contributed by atoms with Gasteiger partial charge in [0.1, 0.15) is 0 Å². The van der Waals surface area contributed by atoms with Gasteiger partial charge in [-0.05, 0) is 25.3 Å². The summed E-state index contributed by atoms with van der Waals surface area (Å²) in [7, 11) is 0. The van der Waals surface area contributed by atoms with Crippen LogP contribution < -0.4 is 0 Å². The van der Waals surface area contributed by atoms with E-state index in [2.05, 4.69) is 19.1 Å². The number of hydrogen-bond donors (Lipinski definition) is 0. The summed E-state index contributed by atoms with van der Waals surface area (Å²) in [6, 6.07) is 6.36. The van der Waals surface area contributed by atoms with Crippen LogP contribution in [0.1, 0.15) is 60.0 Å². The van der Waals surface area contributed by atoms with E-state index >= 15 is 0 Å². The van der Waals surface area contributed by atoms with Crippen LogP contribution in [0.3, 0.4) is 0 Å². The van der Waals surface area contributed by atoms with Gasteiger partial charge in [-0.15, -0.1) is 0 Å². The second kappa shape index (κ2) is 3.44. The number of rotatable bonds is 0. The molecule has 1 aromatic carbocycles. The molecule has 1 spiro atoms. The zero-order valence-electron chi connectivity index (χ0n) is 9.88. The first-order valence-corrected chi connectivity index (χ1v) is 6.36. The lowest BCUT2D eigenvalue weighted by Crippen LogP contribution is -2.26. The Hall–Kier alpha value is -1.11. The van der Waals surface area contributed by atoms with E-state index in [0.29, 0.717) is 5.78 Å². The van der Waals surface area contributed by atoms with Gasteiger partial charge in [0.2, 0.25) is 0 Å². The van der Waals surface area contributed by atoms with Gasteiger partial charge in [-0.1, -0.05) is 43.0 Å². The molecule has 0 amide bonds. The van der Waals surface area contributed by atoms with Crippen LogP contribution in [0.2, 0.25) is 0 Å². The summed E-state index contributed by atoms with van der Waals surface area (Å²) in [5.41, 5.74) is 3.87. The molecule has 0 atom stereocenters. The van der Waals surface area contributed by atoms with Crippen LogP contribution in [0, 0.1) is 6.92 Å². The zero-order valence-corrected chi connectivity index (χ0v) is 9.88. The first-order chi connectivity index (χ1) is 7.71. The Morgan fingerprint density at radius 3 is 2.62 bits per heavy atom. The van der Waals surface area contributed by atoms with Gasteiger partial charge >= 0.3 is 0 Å². The number of aryl methyl sites for hydroxylation is 1. The molecule has 1 saturated carbocycles. The number of benzene rings is 1. The van der Waals surface area contributed by atoms with Gasteiger partial charge in [0.15, 0.2) is 5.78 Å². The summed E-state index contributed by atoms with van der Waals surface area (Å²) in [5, 5.41) is 0. The summed E-state index contributed by atoms with van der Waals surface area (Å²) < 4.78 is 0. The lowest BCUT2D eigenvalue weighted by atomic mass is 9.70. The molecule has 0 bridgehead atoms.